The van der Waals surface area contributed by atoms with Gasteiger partial charge in [-0.25, -0.2) is 0 Å². The fourth-order valence-electron chi connectivity index (χ4n) is 3.26. The van der Waals surface area contributed by atoms with E-state index in [9.17, 15) is 9.59 Å². The van der Waals surface area contributed by atoms with Gasteiger partial charge in [0.15, 0.2) is 5.78 Å². The van der Waals surface area contributed by atoms with Crippen molar-refractivity contribution in [1.29, 1.82) is 0 Å². The Labute approximate surface area is 128 Å². The average Bonchev–Trinajstić information content (AvgIpc) is 2.55. The summed E-state index contributed by atoms with van der Waals surface area (Å²) in [6.07, 6.45) is 2.52. The summed E-state index contributed by atoms with van der Waals surface area (Å²) in [7, 11) is 0. The van der Waals surface area contributed by atoms with Crippen LogP contribution in [0.25, 0.3) is 0 Å². The predicted molar refractivity (Wildman–Crippen MR) is 81.1 cm³/mol. The Morgan fingerprint density at radius 3 is 2.59 bits per heavy atom. The zero-order chi connectivity index (χ0) is 15.1. The van der Waals surface area contributed by atoms with Gasteiger partial charge in [0.05, 0.1) is 5.57 Å². The predicted octanol–water partition coefficient (Wildman–Crippen LogP) is 1.62. The number of nitrogens with one attached hydrogen (secondary N) is 3. The van der Waals surface area contributed by atoms with Gasteiger partial charge in [-0.2, -0.15) is 0 Å². The van der Waals surface area contributed by atoms with Crippen LogP contribution in [0.15, 0.2) is 53.0 Å². The average molecular weight is 295 g/mol. The van der Waals surface area contributed by atoms with Gasteiger partial charge in [-0.05, 0) is 18.4 Å². The highest BCUT2D eigenvalue weighted by Crippen LogP contribution is 2.32. The summed E-state index contributed by atoms with van der Waals surface area (Å²) in [4.78, 5) is 24.4. The summed E-state index contributed by atoms with van der Waals surface area (Å²) >= 11 is 0. The van der Waals surface area contributed by atoms with E-state index in [2.05, 4.69) is 16.0 Å². The number of Topliss-reactive ketones (excluding diaryl/α,β-unsaturated/α-hetero) is 1. The number of carbonyl (C=O) groups is 2. The third kappa shape index (κ3) is 2.09. The lowest BCUT2D eigenvalue weighted by molar-refractivity contribution is -0.119. The summed E-state index contributed by atoms with van der Waals surface area (Å²) < 4.78 is 0. The van der Waals surface area contributed by atoms with E-state index in [1.54, 1.807) is 0 Å². The first-order chi connectivity index (χ1) is 10.7. The van der Waals surface area contributed by atoms with Crippen molar-refractivity contribution in [2.75, 3.05) is 0 Å². The van der Waals surface area contributed by atoms with Gasteiger partial charge in [0.1, 0.15) is 12.0 Å². The lowest BCUT2D eigenvalue weighted by atomic mass is 9.87. The molecule has 1 aliphatic carbocycles. The Kier molecular flexibility index (Phi) is 2.99. The maximum absolute atomic E-state index is 12.4. The zero-order valence-corrected chi connectivity index (χ0v) is 12.1. The van der Waals surface area contributed by atoms with Crippen molar-refractivity contribution in [3.8, 4) is 0 Å². The Balaban J connectivity index is 1.63. The van der Waals surface area contributed by atoms with Crippen LogP contribution in [0.5, 0.6) is 0 Å². The molecule has 1 aromatic carbocycles. The maximum atomic E-state index is 12.4. The molecular formula is C17H17N3O2. The third-order valence-corrected chi connectivity index (χ3v) is 4.43. The highest BCUT2D eigenvalue weighted by molar-refractivity contribution is 6.02. The van der Waals surface area contributed by atoms with Gasteiger partial charge in [0.2, 0.25) is 0 Å². The summed E-state index contributed by atoms with van der Waals surface area (Å²) in [6, 6.07) is 9.79. The number of amides is 1. The van der Waals surface area contributed by atoms with E-state index >= 15 is 0 Å². The quantitative estimate of drug-likeness (QED) is 0.736. The molecule has 2 aliphatic heterocycles. The number of carbonyl (C=O) groups excluding carboxylic acids is 2. The second kappa shape index (κ2) is 5.02. The number of ketones is 1. The van der Waals surface area contributed by atoms with Gasteiger partial charge in [0.25, 0.3) is 5.91 Å². The Morgan fingerprint density at radius 1 is 0.955 bits per heavy atom. The number of benzene rings is 1. The van der Waals surface area contributed by atoms with Crippen molar-refractivity contribution in [2.24, 2.45) is 0 Å². The summed E-state index contributed by atoms with van der Waals surface area (Å²) in [5.41, 5.74) is 3.38. The fourth-order valence-corrected chi connectivity index (χ4v) is 3.26. The number of hydrogen-bond donors (Lipinski definition) is 3. The standard InChI is InChI=1S/C17H17N3O2/c21-14-8-4-7-13-11(14)9-12-16(18-13)19-15(20-17(12)22)10-5-2-1-3-6-10/h1-3,5-6,15,18-19H,4,7-9H2,(H,20,22). The van der Waals surface area contributed by atoms with Crippen molar-refractivity contribution in [2.45, 2.75) is 31.8 Å². The molecule has 5 heteroatoms. The van der Waals surface area contributed by atoms with Crippen LogP contribution in [0, 0.1) is 0 Å². The van der Waals surface area contributed by atoms with Crippen LogP contribution in [0.3, 0.4) is 0 Å². The van der Waals surface area contributed by atoms with Crippen LogP contribution in [0.4, 0.5) is 0 Å². The van der Waals surface area contributed by atoms with E-state index in [0.29, 0.717) is 18.4 Å². The van der Waals surface area contributed by atoms with Crippen LogP contribution < -0.4 is 16.0 Å². The van der Waals surface area contributed by atoms with E-state index in [4.69, 9.17) is 0 Å². The second-order valence-electron chi connectivity index (χ2n) is 5.85. The molecule has 0 spiro atoms. The minimum atomic E-state index is -0.249. The first-order valence-electron chi connectivity index (χ1n) is 7.60. The number of dihydropyridines is 1. The first kappa shape index (κ1) is 13.1. The van der Waals surface area contributed by atoms with Crippen LogP contribution in [-0.4, -0.2) is 11.7 Å². The van der Waals surface area contributed by atoms with Gasteiger partial charge >= 0.3 is 0 Å². The minimum absolute atomic E-state index is 0.111. The molecule has 1 amide bonds. The van der Waals surface area contributed by atoms with Crippen LogP contribution in [0.1, 0.15) is 37.4 Å². The van der Waals surface area contributed by atoms with Gasteiger partial charge in [-0.15, -0.1) is 0 Å². The summed E-state index contributed by atoms with van der Waals surface area (Å²) in [6.45, 7) is 0. The molecule has 5 nitrogen and oxygen atoms in total. The second-order valence-corrected chi connectivity index (χ2v) is 5.85. The molecule has 3 aliphatic rings. The van der Waals surface area contributed by atoms with Gasteiger partial charge in [0, 0.05) is 24.1 Å². The molecular weight excluding hydrogens is 278 g/mol. The number of rotatable bonds is 1. The third-order valence-electron chi connectivity index (χ3n) is 4.43. The van der Waals surface area contributed by atoms with E-state index in [1.807, 2.05) is 30.3 Å². The Hall–Kier alpha value is -2.56. The van der Waals surface area contributed by atoms with Crippen molar-refractivity contribution >= 4 is 11.7 Å². The molecule has 1 aromatic rings. The van der Waals surface area contributed by atoms with Crippen molar-refractivity contribution in [3.63, 3.8) is 0 Å². The maximum Gasteiger partial charge on any atom is 0.253 e. The normalized spacial score (nSPS) is 24.1. The molecule has 2 heterocycles. The van der Waals surface area contributed by atoms with Crippen molar-refractivity contribution in [3.05, 3.63) is 58.6 Å². The molecule has 112 valence electrons. The molecule has 3 N–H and O–H groups in total. The van der Waals surface area contributed by atoms with Crippen LogP contribution in [0.2, 0.25) is 0 Å². The van der Waals surface area contributed by atoms with Crippen molar-refractivity contribution in [1.82, 2.24) is 16.0 Å². The van der Waals surface area contributed by atoms with E-state index in [1.165, 1.54) is 0 Å². The largest absolute Gasteiger partial charge is 0.347 e. The zero-order valence-electron chi connectivity index (χ0n) is 12.1. The van der Waals surface area contributed by atoms with Gasteiger partial charge < -0.3 is 16.0 Å². The molecule has 0 fully saturated rings. The molecule has 22 heavy (non-hydrogen) atoms. The molecule has 1 unspecified atom stereocenters. The highest BCUT2D eigenvalue weighted by atomic mass is 16.2. The lowest BCUT2D eigenvalue weighted by Crippen LogP contribution is -2.49. The smallest absolute Gasteiger partial charge is 0.253 e. The van der Waals surface area contributed by atoms with Crippen LogP contribution >= 0.6 is 0 Å². The Bertz CT molecular complexity index is 719. The summed E-state index contributed by atoms with van der Waals surface area (Å²) in [5.74, 6) is 0.796. The molecule has 1 atom stereocenters. The van der Waals surface area contributed by atoms with Crippen LogP contribution in [-0.2, 0) is 9.59 Å². The van der Waals surface area contributed by atoms with Gasteiger partial charge in [-0.1, -0.05) is 30.3 Å². The Morgan fingerprint density at radius 2 is 1.77 bits per heavy atom. The van der Waals surface area contributed by atoms with E-state index in [-0.39, 0.29) is 17.9 Å². The van der Waals surface area contributed by atoms with E-state index in [0.717, 1.165) is 35.5 Å². The molecule has 4 rings (SSSR count). The highest BCUT2D eigenvalue weighted by Gasteiger charge is 2.34. The number of allylic oxidation sites excluding steroid dienone is 2. The molecule has 0 saturated heterocycles. The van der Waals surface area contributed by atoms with Crippen molar-refractivity contribution < 1.29 is 9.59 Å². The monoisotopic (exact) mass is 295 g/mol. The first-order valence-corrected chi connectivity index (χ1v) is 7.60. The summed E-state index contributed by atoms with van der Waals surface area (Å²) in [5, 5.41) is 9.59. The number of hydrogen-bond acceptors (Lipinski definition) is 4. The fraction of sp³-hybridized carbons (Fsp3) is 0.294. The molecule has 0 radical (unpaired) electrons. The van der Waals surface area contributed by atoms with E-state index < -0.39 is 0 Å². The van der Waals surface area contributed by atoms with Gasteiger partial charge in [-0.3, -0.25) is 9.59 Å². The molecule has 0 aromatic heterocycles. The SMILES string of the molecule is O=C1CCCC2=C1CC1=C(N2)NC(c2ccccc2)NC1=O. The lowest BCUT2D eigenvalue weighted by Gasteiger charge is -2.36. The minimum Gasteiger partial charge on any atom is -0.347 e. The molecule has 0 saturated carbocycles. The molecule has 0 bridgehead atoms. The topological polar surface area (TPSA) is 70.2 Å².